The van der Waals surface area contributed by atoms with E-state index in [2.05, 4.69) is 15.0 Å². The molecular formula is C19H21N3O3. The number of aromatic nitrogens is 3. The second-order valence-corrected chi connectivity index (χ2v) is 5.62. The van der Waals surface area contributed by atoms with Gasteiger partial charge in [0.15, 0.2) is 0 Å². The van der Waals surface area contributed by atoms with Crippen LogP contribution in [-0.4, -0.2) is 35.3 Å². The summed E-state index contributed by atoms with van der Waals surface area (Å²) in [6, 6.07) is 5.64. The van der Waals surface area contributed by atoms with Gasteiger partial charge in [0, 0.05) is 48.1 Å². The third kappa shape index (κ3) is 3.60. The number of hydrogen-bond acceptors (Lipinski definition) is 5. The highest BCUT2D eigenvalue weighted by Crippen LogP contribution is 2.31. The molecule has 0 aliphatic carbocycles. The molecule has 3 heterocycles. The normalized spacial score (nSPS) is 11.1. The van der Waals surface area contributed by atoms with Crippen LogP contribution in [0.15, 0.2) is 41.6 Å². The van der Waals surface area contributed by atoms with Crippen molar-refractivity contribution < 1.29 is 9.47 Å². The molecule has 130 valence electrons. The maximum atomic E-state index is 12.5. The predicted molar refractivity (Wildman–Crippen MR) is 96.5 cm³/mol. The fraction of sp³-hybridized carbons (Fsp3) is 0.316. The van der Waals surface area contributed by atoms with Gasteiger partial charge in [-0.15, -0.1) is 0 Å². The average molecular weight is 339 g/mol. The van der Waals surface area contributed by atoms with E-state index in [4.69, 9.17) is 9.47 Å². The molecule has 6 nitrogen and oxygen atoms in total. The third-order valence-electron chi connectivity index (χ3n) is 4.06. The number of pyridine rings is 3. The van der Waals surface area contributed by atoms with Crippen molar-refractivity contribution in [3.05, 3.63) is 58.4 Å². The molecule has 0 saturated heterocycles. The number of rotatable bonds is 7. The fourth-order valence-electron chi connectivity index (χ4n) is 2.90. The van der Waals surface area contributed by atoms with Gasteiger partial charge in [-0.2, -0.15) is 0 Å². The van der Waals surface area contributed by atoms with Crippen LogP contribution in [0.25, 0.3) is 22.0 Å². The molecule has 0 radical (unpaired) electrons. The van der Waals surface area contributed by atoms with Crippen molar-refractivity contribution in [1.29, 1.82) is 0 Å². The van der Waals surface area contributed by atoms with Crippen molar-refractivity contribution in [3.8, 4) is 11.1 Å². The number of fused-ring (bicyclic) bond motifs is 1. The van der Waals surface area contributed by atoms with Crippen molar-refractivity contribution in [2.24, 2.45) is 0 Å². The largest absolute Gasteiger partial charge is 0.382 e. The lowest BCUT2D eigenvalue weighted by molar-refractivity contribution is 0.0615. The number of nitrogens with one attached hydrogen (secondary N) is 1. The summed E-state index contributed by atoms with van der Waals surface area (Å²) in [6.45, 7) is 3.42. The van der Waals surface area contributed by atoms with Gasteiger partial charge in [-0.05, 0) is 18.6 Å². The summed E-state index contributed by atoms with van der Waals surface area (Å²) in [6.07, 6.45) is 5.85. The van der Waals surface area contributed by atoms with Crippen molar-refractivity contribution in [2.45, 2.75) is 20.0 Å². The molecule has 1 N–H and O–H groups in total. The molecule has 3 aromatic heterocycles. The minimum atomic E-state index is -0.162. The Morgan fingerprint density at radius 2 is 2.12 bits per heavy atom. The van der Waals surface area contributed by atoms with Crippen LogP contribution in [0.4, 0.5) is 0 Å². The van der Waals surface area contributed by atoms with E-state index in [-0.39, 0.29) is 5.56 Å². The minimum absolute atomic E-state index is 0.162. The van der Waals surface area contributed by atoms with E-state index < -0.39 is 0 Å². The Kier molecular flexibility index (Phi) is 5.53. The van der Waals surface area contributed by atoms with Crippen LogP contribution in [0, 0.1) is 0 Å². The zero-order valence-electron chi connectivity index (χ0n) is 14.4. The van der Waals surface area contributed by atoms with Gasteiger partial charge >= 0.3 is 0 Å². The lowest BCUT2D eigenvalue weighted by Crippen LogP contribution is -2.12. The SMILES string of the molecule is CCc1nc2cc[nH]c(=O)c2c(-c2cccnc2)c1COCCOC. The number of aromatic amines is 1. The van der Waals surface area contributed by atoms with E-state index in [0.717, 1.165) is 28.8 Å². The average Bonchev–Trinajstić information content (AvgIpc) is 2.65. The van der Waals surface area contributed by atoms with Crippen molar-refractivity contribution in [3.63, 3.8) is 0 Å². The molecule has 0 atom stereocenters. The fourth-order valence-corrected chi connectivity index (χ4v) is 2.90. The van der Waals surface area contributed by atoms with Crippen LogP contribution >= 0.6 is 0 Å². The maximum absolute atomic E-state index is 12.5. The molecular weight excluding hydrogens is 318 g/mol. The maximum Gasteiger partial charge on any atom is 0.258 e. The lowest BCUT2D eigenvalue weighted by atomic mass is 9.95. The highest BCUT2D eigenvalue weighted by atomic mass is 16.5. The molecule has 0 fully saturated rings. The summed E-state index contributed by atoms with van der Waals surface area (Å²) < 4.78 is 10.8. The summed E-state index contributed by atoms with van der Waals surface area (Å²) in [5.41, 5.74) is 4.09. The molecule has 3 aromatic rings. The van der Waals surface area contributed by atoms with Gasteiger partial charge in [-0.1, -0.05) is 13.0 Å². The first-order chi connectivity index (χ1) is 12.3. The number of H-pyrrole nitrogens is 1. The Hall–Kier alpha value is -2.57. The first kappa shape index (κ1) is 17.3. The van der Waals surface area contributed by atoms with Crippen molar-refractivity contribution in [1.82, 2.24) is 15.0 Å². The van der Waals surface area contributed by atoms with Crippen molar-refractivity contribution in [2.75, 3.05) is 20.3 Å². The van der Waals surface area contributed by atoms with Crippen LogP contribution < -0.4 is 5.56 Å². The molecule has 0 unspecified atom stereocenters. The van der Waals surface area contributed by atoms with Crippen molar-refractivity contribution >= 4 is 10.9 Å². The standard InChI is InChI=1S/C19H21N3O3/c1-3-15-14(12-25-10-9-24-2)17(13-5-4-7-20-11-13)18-16(22-15)6-8-21-19(18)23/h4-8,11H,3,9-10,12H2,1-2H3,(H,21,23). The molecule has 0 spiro atoms. The summed E-state index contributed by atoms with van der Waals surface area (Å²) in [5.74, 6) is 0. The van der Waals surface area contributed by atoms with Gasteiger partial charge in [0.1, 0.15) is 0 Å². The summed E-state index contributed by atoms with van der Waals surface area (Å²) in [7, 11) is 1.64. The molecule has 0 amide bonds. The predicted octanol–water partition coefficient (Wildman–Crippen LogP) is 2.71. The van der Waals surface area contributed by atoms with E-state index >= 15 is 0 Å². The monoisotopic (exact) mass is 339 g/mol. The highest BCUT2D eigenvalue weighted by molar-refractivity contribution is 5.95. The van der Waals surface area contributed by atoms with E-state index in [9.17, 15) is 4.79 Å². The molecule has 25 heavy (non-hydrogen) atoms. The zero-order valence-corrected chi connectivity index (χ0v) is 14.4. The van der Waals surface area contributed by atoms with Gasteiger partial charge < -0.3 is 14.5 Å². The molecule has 0 aliphatic rings. The Morgan fingerprint density at radius 1 is 1.24 bits per heavy atom. The number of nitrogens with zero attached hydrogens (tertiary/aromatic N) is 2. The number of hydrogen-bond donors (Lipinski definition) is 1. The van der Waals surface area contributed by atoms with Crippen LogP contribution in [0.3, 0.4) is 0 Å². The second kappa shape index (κ2) is 8.00. The smallest absolute Gasteiger partial charge is 0.258 e. The topological polar surface area (TPSA) is 77.1 Å². The molecule has 0 bridgehead atoms. The Labute approximate surface area is 145 Å². The van der Waals surface area contributed by atoms with Gasteiger partial charge in [0.25, 0.3) is 5.56 Å². The van der Waals surface area contributed by atoms with Gasteiger partial charge in [-0.3, -0.25) is 14.8 Å². The first-order valence-electron chi connectivity index (χ1n) is 8.26. The third-order valence-corrected chi connectivity index (χ3v) is 4.06. The Morgan fingerprint density at radius 3 is 2.84 bits per heavy atom. The van der Waals surface area contributed by atoms with E-state index in [1.807, 2.05) is 25.1 Å². The first-order valence-corrected chi connectivity index (χ1v) is 8.26. The van der Waals surface area contributed by atoms with E-state index in [0.29, 0.717) is 30.7 Å². The minimum Gasteiger partial charge on any atom is -0.382 e. The molecule has 3 rings (SSSR count). The molecule has 0 saturated carbocycles. The molecule has 0 aromatic carbocycles. The van der Waals surface area contributed by atoms with Crippen LogP contribution in [0.5, 0.6) is 0 Å². The van der Waals surface area contributed by atoms with E-state index in [1.54, 1.807) is 25.7 Å². The van der Waals surface area contributed by atoms with Crippen LogP contribution in [-0.2, 0) is 22.5 Å². The second-order valence-electron chi connectivity index (χ2n) is 5.62. The number of aryl methyl sites for hydroxylation is 1. The van der Waals surface area contributed by atoms with Gasteiger partial charge in [0.05, 0.1) is 30.7 Å². The number of methoxy groups -OCH3 is 1. The highest BCUT2D eigenvalue weighted by Gasteiger charge is 2.18. The van der Waals surface area contributed by atoms with Gasteiger partial charge in [-0.25, -0.2) is 0 Å². The van der Waals surface area contributed by atoms with E-state index in [1.165, 1.54) is 0 Å². The lowest BCUT2D eigenvalue weighted by Gasteiger charge is -2.16. The number of ether oxygens (including phenoxy) is 2. The summed E-state index contributed by atoms with van der Waals surface area (Å²) in [5, 5.41) is 0.568. The zero-order chi connectivity index (χ0) is 17.6. The molecule has 0 aliphatic heterocycles. The quantitative estimate of drug-likeness (QED) is 0.670. The Balaban J connectivity index is 2.23. The van der Waals surface area contributed by atoms with Crippen LogP contribution in [0.1, 0.15) is 18.2 Å². The summed E-state index contributed by atoms with van der Waals surface area (Å²) in [4.78, 5) is 24.2. The van der Waals surface area contributed by atoms with Crippen LogP contribution in [0.2, 0.25) is 0 Å². The van der Waals surface area contributed by atoms with Gasteiger partial charge in [0.2, 0.25) is 0 Å². The molecule has 6 heteroatoms. The summed E-state index contributed by atoms with van der Waals surface area (Å²) >= 11 is 0. The Bertz CT molecular complexity index is 907.